The van der Waals surface area contributed by atoms with Crippen LogP contribution in [-0.4, -0.2) is 66.8 Å². The van der Waals surface area contributed by atoms with Crippen molar-refractivity contribution < 1.29 is 32.5 Å². The molecule has 0 amide bonds. The molecule has 5 N–H and O–H groups in total. The summed E-state index contributed by atoms with van der Waals surface area (Å²) in [6, 6.07) is 0. The van der Waals surface area contributed by atoms with Crippen LogP contribution in [0.15, 0.2) is 0 Å². The molecule has 0 radical (unpaired) electrons. The van der Waals surface area contributed by atoms with Crippen molar-refractivity contribution in [2.45, 2.75) is 12.0 Å². The Hall–Kier alpha value is -0.290. The third kappa shape index (κ3) is 6.33. The maximum absolute atomic E-state index is 10.2. The van der Waals surface area contributed by atoms with Crippen LogP contribution in [0.4, 0.5) is 0 Å². The van der Waals surface area contributed by atoms with Crippen molar-refractivity contribution in [1.82, 2.24) is 5.32 Å². The molecule has 16 heavy (non-hydrogen) atoms. The van der Waals surface area contributed by atoms with Crippen molar-refractivity contribution >= 4 is 10.4 Å². The summed E-state index contributed by atoms with van der Waals surface area (Å²) in [5.41, 5.74) is -1.20. The highest BCUT2D eigenvalue weighted by atomic mass is 32.3. The minimum atomic E-state index is -4.43. The number of aliphatic hydroxyl groups excluding tert-OH is 3. The van der Waals surface area contributed by atoms with Crippen LogP contribution in [-0.2, 0) is 14.6 Å². The molecule has 0 aromatic rings. The summed E-state index contributed by atoms with van der Waals surface area (Å²) >= 11 is 0. The summed E-state index contributed by atoms with van der Waals surface area (Å²) in [6.45, 7) is -1.40. The van der Waals surface area contributed by atoms with Crippen LogP contribution < -0.4 is 5.32 Å². The lowest BCUT2D eigenvalue weighted by molar-refractivity contribution is 0.0419. The van der Waals surface area contributed by atoms with Crippen molar-refractivity contribution in [3.8, 4) is 0 Å². The Balaban J connectivity index is 3.80. The number of aliphatic hydroxyl groups is 3. The van der Waals surface area contributed by atoms with Crippen molar-refractivity contribution in [1.29, 1.82) is 0 Å². The van der Waals surface area contributed by atoms with Gasteiger partial charge < -0.3 is 20.6 Å². The van der Waals surface area contributed by atoms with E-state index in [2.05, 4.69) is 9.50 Å². The summed E-state index contributed by atoms with van der Waals surface area (Å²) < 4.78 is 32.6. The molecule has 0 aliphatic rings. The quantitative estimate of drug-likeness (QED) is 0.226. The molecule has 0 bridgehead atoms. The molecule has 0 aliphatic heterocycles. The molecule has 0 unspecified atom stereocenters. The molecule has 0 heterocycles. The summed E-state index contributed by atoms with van der Waals surface area (Å²) in [5, 5.41) is 29.4. The first-order valence-electron chi connectivity index (χ1n) is 4.58. The zero-order chi connectivity index (χ0) is 12.7. The molecule has 8 nitrogen and oxygen atoms in total. The molecule has 0 saturated carbocycles. The molecule has 0 aromatic carbocycles. The zero-order valence-electron chi connectivity index (χ0n) is 8.66. The second kappa shape index (κ2) is 7.12. The lowest BCUT2D eigenvalue weighted by atomic mass is 10.0. The van der Waals surface area contributed by atoms with E-state index in [1.54, 1.807) is 0 Å². The molecular formula is C7H17NO7S. The Morgan fingerprint density at radius 3 is 2.00 bits per heavy atom. The van der Waals surface area contributed by atoms with E-state index in [1.807, 2.05) is 0 Å². The Labute approximate surface area is 93.8 Å². The largest absolute Gasteiger partial charge is 0.397 e. The number of nitrogens with one attached hydrogen (secondary N) is 1. The van der Waals surface area contributed by atoms with Gasteiger partial charge in [-0.25, -0.2) is 4.18 Å². The topological polar surface area (TPSA) is 136 Å². The maximum Gasteiger partial charge on any atom is 0.397 e. The van der Waals surface area contributed by atoms with Gasteiger partial charge in [-0.1, -0.05) is 0 Å². The summed E-state index contributed by atoms with van der Waals surface area (Å²) in [6.07, 6.45) is 0.224. The molecule has 0 atom stereocenters. The second-order valence-corrected chi connectivity index (χ2v) is 4.38. The van der Waals surface area contributed by atoms with Crippen LogP contribution in [0.3, 0.4) is 0 Å². The third-order valence-corrected chi connectivity index (χ3v) is 2.43. The van der Waals surface area contributed by atoms with E-state index in [4.69, 9.17) is 19.9 Å². The molecule has 0 aliphatic carbocycles. The molecule has 0 aromatic heterocycles. The summed E-state index contributed by atoms with van der Waals surface area (Å²) in [7, 11) is -4.43. The number of hydrogen-bond donors (Lipinski definition) is 5. The highest BCUT2D eigenvalue weighted by molar-refractivity contribution is 7.80. The van der Waals surface area contributed by atoms with E-state index in [0.717, 1.165) is 0 Å². The number of hydrogen-bond acceptors (Lipinski definition) is 7. The molecule has 0 saturated heterocycles. The average Bonchev–Trinajstić information content (AvgIpc) is 2.23. The summed E-state index contributed by atoms with van der Waals surface area (Å²) in [5.74, 6) is 0. The first-order chi connectivity index (χ1) is 7.39. The highest BCUT2D eigenvalue weighted by Crippen LogP contribution is 2.01. The summed E-state index contributed by atoms with van der Waals surface area (Å²) in [4.78, 5) is 0. The van der Waals surface area contributed by atoms with Crippen LogP contribution in [0.2, 0.25) is 0 Å². The van der Waals surface area contributed by atoms with E-state index in [-0.39, 0.29) is 19.6 Å². The van der Waals surface area contributed by atoms with Gasteiger partial charge in [0.15, 0.2) is 0 Å². The smallest absolute Gasteiger partial charge is 0.394 e. The maximum atomic E-state index is 10.2. The van der Waals surface area contributed by atoms with Gasteiger partial charge in [0, 0.05) is 0 Å². The highest BCUT2D eigenvalue weighted by Gasteiger charge is 2.26. The molecule has 0 fully saturated rings. The first kappa shape index (κ1) is 15.7. The SMILES string of the molecule is O=S(=O)(O)OCCCNC(CO)(CO)CO. The number of rotatable bonds is 9. The van der Waals surface area contributed by atoms with Crippen molar-refractivity contribution in [3.63, 3.8) is 0 Å². The third-order valence-electron chi connectivity index (χ3n) is 1.96. The average molecular weight is 259 g/mol. The lowest BCUT2D eigenvalue weighted by Crippen LogP contribution is -2.55. The van der Waals surface area contributed by atoms with Gasteiger partial charge >= 0.3 is 10.4 Å². The van der Waals surface area contributed by atoms with Gasteiger partial charge in [0.25, 0.3) is 0 Å². The Kier molecular flexibility index (Phi) is 6.99. The van der Waals surface area contributed by atoms with Crippen molar-refractivity contribution in [2.75, 3.05) is 33.0 Å². The van der Waals surface area contributed by atoms with Crippen LogP contribution >= 0.6 is 0 Å². The fourth-order valence-corrected chi connectivity index (χ4v) is 1.24. The minimum Gasteiger partial charge on any atom is -0.394 e. The predicted molar refractivity (Wildman–Crippen MR) is 54.1 cm³/mol. The van der Waals surface area contributed by atoms with Crippen LogP contribution in [0.5, 0.6) is 0 Å². The van der Waals surface area contributed by atoms with Gasteiger partial charge in [0.05, 0.1) is 32.0 Å². The van der Waals surface area contributed by atoms with Gasteiger partial charge in [-0.3, -0.25) is 4.55 Å². The molecule has 0 spiro atoms. The predicted octanol–water partition coefficient (Wildman–Crippen LogP) is -2.50. The van der Waals surface area contributed by atoms with Crippen molar-refractivity contribution in [2.24, 2.45) is 0 Å². The Bertz CT molecular complexity index is 266. The first-order valence-corrected chi connectivity index (χ1v) is 5.95. The standard InChI is InChI=1S/C7H17NO7S/c9-4-7(5-10,6-11)8-2-1-3-15-16(12,13)14/h8-11H,1-6H2,(H,12,13,14). The van der Waals surface area contributed by atoms with Crippen LogP contribution in [0, 0.1) is 0 Å². The molecule has 98 valence electrons. The Morgan fingerprint density at radius 2 is 1.62 bits per heavy atom. The minimum absolute atomic E-state index is 0.206. The van der Waals surface area contributed by atoms with Gasteiger partial charge in [0.1, 0.15) is 0 Å². The van der Waals surface area contributed by atoms with E-state index in [9.17, 15) is 8.42 Å². The van der Waals surface area contributed by atoms with E-state index >= 15 is 0 Å². The van der Waals surface area contributed by atoms with E-state index < -0.39 is 35.8 Å². The Morgan fingerprint density at radius 1 is 1.12 bits per heavy atom. The lowest BCUT2D eigenvalue weighted by Gasteiger charge is -2.28. The zero-order valence-corrected chi connectivity index (χ0v) is 9.48. The fourth-order valence-electron chi connectivity index (χ4n) is 0.908. The van der Waals surface area contributed by atoms with E-state index in [1.165, 1.54) is 0 Å². The van der Waals surface area contributed by atoms with Gasteiger partial charge in [-0.15, -0.1) is 0 Å². The molecule has 9 heteroatoms. The van der Waals surface area contributed by atoms with Gasteiger partial charge in [-0.05, 0) is 13.0 Å². The molecular weight excluding hydrogens is 242 g/mol. The van der Waals surface area contributed by atoms with Gasteiger partial charge in [0.2, 0.25) is 0 Å². The monoisotopic (exact) mass is 259 g/mol. The normalized spacial score (nSPS) is 13.0. The van der Waals surface area contributed by atoms with Crippen molar-refractivity contribution in [3.05, 3.63) is 0 Å². The second-order valence-electron chi connectivity index (χ2n) is 3.28. The van der Waals surface area contributed by atoms with E-state index in [0.29, 0.717) is 0 Å². The van der Waals surface area contributed by atoms with Gasteiger partial charge in [-0.2, -0.15) is 8.42 Å². The van der Waals surface area contributed by atoms with Crippen LogP contribution in [0.25, 0.3) is 0 Å². The fraction of sp³-hybridized carbons (Fsp3) is 1.00. The van der Waals surface area contributed by atoms with Crippen LogP contribution in [0.1, 0.15) is 6.42 Å². The molecule has 0 rings (SSSR count).